The number of methoxy groups -OCH3 is 1. The summed E-state index contributed by atoms with van der Waals surface area (Å²) >= 11 is 0. The Morgan fingerprint density at radius 3 is 2.41 bits per heavy atom. The van der Waals surface area contributed by atoms with Gasteiger partial charge in [0.25, 0.3) is 5.91 Å². The molecule has 3 aromatic carbocycles. The Kier molecular flexibility index (Phi) is 5.29. The van der Waals surface area contributed by atoms with Crippen molar-refractivity contribution in [2.75, 3.05) is 23.9 Å². The Hall–Kier alpha value is -3.60. The molecule has 0 unspecified atom stereocenters. The van der Waals surface area contributed by atoms with E-state index in [0.29, 0.717) is 11.1 Å². The van der Waals surface area contributed by atoms with E-state index in [0.717, 1.165) is 30.8 Å². The first-order chi connectivity index (χ1) is 14.2. The smallest absolute Gasteiger partial charge is 0.337 e. The Morgan fingerprint density at radius 2 is 1.62 bits per heavy atom. The number of amides is 1. The molecule has 0 aromatic heterocycles. The standard InChI is InChI=1S/C24H22N2O3/c1-29-24(28)19-12-10-18(11-13-19)23(27)25-21-8-4-2-7-20(21)16-26-15-14-17-6-3-5-9-22(17)26/h2-13H,14-16H2,1H3,(H,25,27). The second-order valence-corrected chi connectivity index (χ2v) is 6.98. The summed E-state index contributed by atoms with van der Waals surface area (Å²) in [6, 6.07) is 22.7. The van der Waals surface area contributed by atoms with Crippen molar-refractivity contribution in [3.05, 3.63) is 95.1 Å². The van der Waals surface area contributed by atoms with Gasteiger partial charge in [0, 0.05) is 30.0 Å². The zero-order chi connectivity index (χ0) is 20.2. The molecule has 4 rings (SSSR count). The van der Waals surface area contributed by atoms with Gasteiger partial charge in [-0.15, -0.1) is 0 Å². The van der Waals surface area contributed by atoms with E-state index < -0.39 is 5.97 Å². The summed E-state index contributed by atoms with van der Waals surface area (Å²) in [7, 11) is 1.33. The normalized spacial score (nSPS) is 12.4. The number of esters is 1. The van der Waals surface area contributed by atoms with Gasteiger partial charge in [0.1, 0.15) is 0 Å². The Bertz CT molecular complexity index is 1040. The van der Waals surface area contributed by atoms with E-state index in [1.807, 2.05) is 24.3 Å². The van der Waals surface area contributed by atoms with Crippen LogP contribution in [0.25, 0.3) is 0 Å². The maximum absolute atomic E-state index is 12.7. The summed E-state index contributed by atoms with van der Waals surface area (Å²) in [6.45, 7) is 1.70. The third-order valence-corrected chi connectivity index (χ3v) is 5.18. The van der Waals surface area contributed by atoms with Gasteiger partial charge in [-0.2, -0.15) is 0 Å². The van der Waals surface area contributed by atoms with Gasteiger partial charge >= 0.3 is 5.97 Å². The van der Waals surface area contributed by atoms with Crippen LogP contribution in [0.3, 0.4) is 0 Å². The van der Waals surface area contributed by atoms with Crippen LogP contribution in [-0.2, 0) is 17.7 Å². The number of rotatable bonds is 5. The highest BCUT2D eigenvalue weighted by atomic mass is 16.5. The van der Waals surface area contributed by atoms with E-state index in [-0.39, 0.29) is 5.91 Å². The zero-order valence-electron chi connectivity index (χ0n) is 16.2. The predicted molar refractivity (Wildman–Crippen MR) is 113 cm³/mol. The van der Waals surface area contributed by atoms with Crippen molar-refractivity contribution in [3.8, 4) is 0 Å². The molecule has 1 aliphatic rings. The summed E-state index contributed by atoms with van der Waals surface area (Å²) in [4.78, 5) is 26.6. The second-order valence-electron chi connectivity index (χ2n) is 6.98. The van der Waals surface area contributed by atoms with E-state index in [9.17, 15) is 9.59 Å². The van der Waals surface area contributed by atoms with Crippen molar-refractivity contribution in [2.45, 2.75) is 13.0 Å². The first-order valence-electron chi connectivity index (χ1n) is 9.56. The topological polar surface area (TPSA) is 58.6 Å². The van der Waals surface area contributed by atoms with E-state index in [1.54, 1.807) is 24.3 Å². The first-order valence-corrected chi connectivity index (χ1v) is 9.56. The quantitative estimate of drug-likeness (QED) is 0.665. The molecular formula is C24H22N2O3. The number of nitrogens with zero attached hydrogens (tertiary/aromatic N) is 1. The number of fused-ring (bicyclic) bond motifs is 1. The van der Waals surface area contributed by atoms with Crippen LogP contribution in [-0.4, -0.2) is 25.5 Å². The van der Waals surface area contributed by atoms with Crippen molar-refractivity contribution < 1.29 is 14.3 Å². The van der Waals surface area contributed by atoms with Crippen LogP contribution in [0.2, 0.25) is 0 Å². The van der Waals surface area contributed by atoms with E-state index in [4.69, 9.17) is 4.74 Å². The minimum Gasteiger partial charge on any atom is -0.465 e. The molecule has 0 saturated carbocycles. The van der Waals surface area contributed by atoms with Crippen LogP contribution >= 0.6 is 0 Å². The summed E-state index contributed by atoms with van der Waals surface area (Å²) in [5.41, 5.74) is 5.37. The Labute approximate surface area is 169 Å². The molecule has 1 aliphatic heterocycles. The molecule has 1 heterocycles. The van der Waals surface area contributed by atoms with Crippen LogP contribution in [0, 0.1) is 0 Å². The maximum atomic E-state index is 12.7. The molecule has 0 aliphatic carbocycles. The zero-order valence-corrected chi connectivity index (χ0v) is 16.2. The van der Waals surface area contributed by atoms with E-state index >= 15 is 0 Å². The lowest BCUT2D eigenvalue weighted by atomic mass is 10.1. The lowest BCUT2D eigenvalue weighted by molar-refractivity contribution is 0.0600. The average Bonchev–Trinajstić information content (AvgIpc) is 3.17. The molecule has 146 valence electrons. The Morgan fingerprint density at radius 1 is 0.931 bits per heavy atom. The molecule has 1 amide bonds. The number of hydrogen-bond donors (Lipinski definition) is 1. The highest BCUT2D eigenvalue weighted by Crippen LogP contribution is 2.30. The molecule has 0 atom stereocenters. The van der Waals surface area contributed by atoms with Gasteiger partial charge in [-0.05, 0) is 53.9 Å². The van der Waals surface area contributed by atoms with Gasteiger partial charge in [0.15, 0.2) is 0 Å². The molecule has 0 spiro atoms. The number of benzene rings is 3. The lowest BCUT2D eigenvalue weighted by Crippen LogP contribution is -2.21. The molecule has 5 nitrogen and oxygen atoms in total. The number of hydrogen-bond acceptors (Lipinski definition) is 4. The molecular weight excluding hydrogens is 364 g/mol. The van der Waals surface area contributed by atoms with Gasteiger partial charge in [-0.3, -0.25) is 4.79 Å². The third-order valence-electron chi connectivity index (χ3n) is 5.18. The molecule has 1 N–H and O–H groups in total. The number of ether oxygens (including phenoxy) is 1. The first kappa shape index (κ1) is 18.7. The fraction of sp³-hybridized carbons (Fsp3) is 0.167. The number of nitrogens with one attached hydrogen (secondary N) is 1. The van der Waals surface area contributed by atoms with Crippen molar-refractivity contribution in [3.63, 3.8) is 0 Å². The molecule has 0 bridgehead atoms. The number of carbonyl (C=O) groups is 2. The highest BCUT2D eigenvalue weighted by Gasteiger charge is 2.19. The van der Waals surface area contributed by atoms with E-state index in [2.05, 4.69) is 34.5 Å². The fourth-order valence-corrected chi connectivity index (χ4v) is 3.63. The van der Waals surface area contributed by atoms with Crippen LogP contribution in [0.1, 0.15) is 31.8 Å². The molecule has 0 radical (unpaired) electrons. The van der Waals surface area contributed by atoms with Crippen LogP contribution in [0.5, 0.6) is 0 Å². The van der Waals surface area contributed by atoms with Crippen molar-refractivity contribution in [1.29, 1.82) is 0 Å². The van der Waals surface area contributed by atoms with Gasteiger partial charge in [0.05, 0.1) is 12.7 Å². The lowest BCUT2D eigenvalue weighted by Gasteiger charge is -2.21. The maximum Gasteiger partial charge on any atom is 0.337 e. The summed E-state index contributed by atoms with van der Waals surface area (Å²) < 4.78 is 4.69. The van der Waals surface area contributed by atoms with Crippen molar-refractivity contribution in [2.24, 2.45) is 0 Å². The van der Waals surface area contributed by atoms with Crippen molar-refractivity contribution in [1.82, 2.24) is 0 Å². The molecule has 3 aromatic rings. The predicted octanol–water partition coefficient (Wildman–Crippen LogP) is 4.29. The summed E-state index contributed by atoms with van der Waals surface area (Å²) in [5, 5.41) is 3.01. The van der Waals surface area contributed by atoms with Crippen molar-refractivity contribution >= 4 is 23.3 Å². The van der Waals surface area contributed by atoms with Crippen LogP contribution < -0.4 is 10.2 Å². The average molecular weight is 386 g/mol. The van der Waals surface area contributed by atoms with Gasteiger partial charge in [-0.25, -0.2) is 4.79 Å². The van der Waals surface area contributed by atoms with Gasteiger partial charge in [0.2, 0.25) is 0 Å². The van der Waals surface area contributed by atoms with E-state index in [1.165, 1.54) is 18.4 Å². The summed E-state index contributed by atoms with van der Waals surface area (Å²) in [5.74, 6) is -0.635. The van der Waals surface area contributed by atoms with Gasteiger partial charge in [-0.1, -0.05) is 36.4 Å². The SMILES string of the molecule is COC(=O)c1ccc(C(=O)Nc2ccccc2CN2CCc3ccccc32)cc1. The highest BCUT2D eigenvalue weighted by molar-refractivity contribution is 6.05. The second kappa shape index (κ2) is 8.19. The molecule has 0 saturated heterocycles. The number of para-hydroxylation sites is 2. The minimum absolute atomic E-state index is 0.212. The summed E-state index contributed by atoms with van der Waals surface area (Å²) in [6.07, 6.45) is 1.04. The fourth-order valence-electron chi connectivity index (χ4n) is 3.63. The van der Waals surface area contributed by atoms with Crippen LogP contribution in [0.4, 0.5) is 11.4 Å². The minimum atomic E-state index is -0.423. The monoisotopic (exact) mass is 386 g/mol. The molecule has 29 heavy (non-hydrogen) atoms. The largest absolute Gasteiger partial charge is 0.465 e. The number of anilines is 2. The van der Waals surface area contributed by atoms with Gasteiger partial charge < -0.3 is 15.0 Å². The third kappa shape index (κ3) is 3.99. The van der Waals surface area contributed by atoms with Crippen LogP contribution in [0.15, 0.2) is 72.8 Å². The Balaban J connectivity index is 1.50. The molecule has 0 fully saturated rings. The number of carbonyl (C=O) groups excluding carboxylic acids is 2. The molecule has 5 heteroatoms.